The highest BCUT2D eigenvalue weighted by Gasteiger charge is 2.09. The molecule has 0 saturated carbocycles. The van der Waals surface area contributed by atoms with E-state index < -0.39 is 0 Å². The number of hydrogen-bond donors (Lipinski definition) is 1. The Kier molecular flexibility index (Phi) is 4.78. The van der Waals surface area contributed by atoms with Gasteiger partial charge in [0.2, 0.25) is 11.8 Å². The number of ether oxygens (including phenoxy) is 1. The van der Waals surface area contributed by atoms with Crippen molar-refractivity contribution >= 4 is 17.3 Å². The van der Waals surface area contributed by atoms with Gasteiger partial charge < -0.3 is 14.5 Å². The van der Waals surface area contributed by atoms with E-state index in [1.807, 2.05) is 49.4 Å². The SMILES string of the molecule is CCc1nnc(CNc2ccccc2Oc2ccccc2Cl)o1. The van der Waals surface area contributed by atoms with Crippen molar-refractivity contribution in [2.75, 3.05) is 5.32 Å². The van der Waals surface area contributed by atoms with Crippen LogP contribution in [0.2, 0.25) is 5.02 Å². The van der Waals surface area contributed by atoms with Crippen LogP contribution < -0.4 is 10.1 Å². The third kappa shape index (κ3) is 3.81. The fraction of sp³-hybridized carbons (Fsp3) is 0.176. The van der Waals surface area contributed by atoms with E-state index in [1.54, 1.807) is 6.07 Å². The van der Waals surface area contributed by atoms with E-state index in [2.05, 4.69) is 15.5 Å². The predicted octanol–water partition coefficient (Wildman–Crippen LogP) is 4.69. The fourth-order valence-corrected chi connectivity index (χ4v) is 2.20. The van der Waals surface area contributed by atoms with Crippen LogP contribution >= 0.6 is 11.6 Å². The Morgan fingerprint density at radius 1 is 1.00 bits per heavy atom. The minimum absolute atomic E-state index is 0.426. The number of halogens is 1. The Morgan fingerprint density at radius 3 is 2.43 bits per heavy atom. The Balaban J connectivity index is 1.74. The van der Waals surface area contributed by atoms with Crippen molar-refractivity contribution in [2.45, 2.75) is 19.9 Å². The van der Waals surface area contributed by atoms with Gasteiger partial charge in [-0.05, 0) is 24.3 Å². The second-order valence-electron chi connectivity index (χ2n) is 4.83. The van der Waals surface area contributed by atoms with E-state index in [1.165, 1.54) is 0 Å². The molecule has 118 valence electrons. The molecule has 0 fully saturated rings. The zero-order chi connectivity index (χ0) is 16.1. The first-order valence-corrected chi connectivity index (χ1v) is 7.70. The molecule has 0 atom stereocenters. The van der Waals surface area contributed by atoms with E-state index in [9.17, 15) is 0 Å². The summed E-state index contributed by atoms with van der Waals surface area (Å²) in [5.74, 6) is 2.45. The van der Waals surface area contributed by atoms with Crippen LogP contribution in [0.4, 0.5) is 5.69 Å². The summed E-state index contributed by atoms with van der Waals surface area (Å²) in [4.78, 5) is 0. The molecule has 3 aromatic rings. The van der Waals surface area contributed by atoms with E-state index in [-0.39, 0.29) is 0 Å². The maximum Gasteiger partial charge on any atom is 0.235 e. The summed E-state index contributed by atoms with van der Waals surface area (Å²) in [5.41, 5.74) is 0.823. The summed E-state index contributed by atoms with van der Waals surface area (Å²) in [5, 5.41) is 11.7. The Bertz CT molecular complexity index is 789. The summed E-state index contributed by atoms with van der Waals surface area (Å²) in [6.45, 7) is 2.40. The van der Waals surface area contributed by atoms with Crippen LogP contribution in [0.25, 0.3) is 0 Å². The molecule has 0 aliphatic rings. The summed E-state index contributed by atoms with van der Waals surface area (Å²) >= 11 is 6.14. The third-order valence-electron chi connectivity index (χ3n) is 3.18. The molecule has 2 aromatic carbocycles. The first-order valence-electron chi connectivity index (χ1n) is 7.33. The van der Waals surface area contributed by atoms with Crippen LogP contribution in [-0.4, -0.2) is 10.2 Å². The van der Waals surface area contributed by atoms with Crippen LogP contribution in [0.3, 0.4) is 0 Å². The van der Waals surface area contributed by atoms with Crippen molar-refractivity contribution in [3.05, 3.63) is 65.3 Å². The topological polar surface area (TPSA) is 60.2 Å². The number of aromatic nitrogens is 2. The van der Waals surface area contributed by atoms with Crippen LogP contribution in [0.1, 0.15) is 18.7 Å². The quantitative estimate of drug-likeness (QED) is 0.711. The minimum atomic E-state index is 0.426. The van der Waals surface area contributed by atoms with Crippen LogP contribution in [0, 0.1) is 0 Å². The molecule has 6 heteroatoms. The van der Waals surface area contributed by atoms with E-state index in [0.29, 0.717) is 34.8 Å². The molecule has 0 aliphatic heterocycles. The van der Waals surface area contributed by atoms with Crippen molar-refractivity contribution in [2.24, 2.45) is 0 Å². The molecule has 1 heterocycles. The first kappa shape index (κ1) is 15.4. The number of rotatable bonds is 6. The van der Waals surface area contributed by atoms with Crippen molar-refractivity contribution < 1.29 is 9.15 Å². The molecule has 23 heavy (non-hydrogen) atoms. The second-order valence-corrected chi connectivity index (χ2v) is 5.23. The van der Waals surface area contributed by atoms with Crippen molar-refractivity contribution in [1.29, 1.82) is 0 Å². The van der Waals surface area contributed by atoms with Crippen LogP contribution in [0.5, 0.6) is 11.5 Å². The van der Waals surface area contributed by atoms with Gasteiger partial charge in [-0.25, -0.2) is 0 Å². The van der Waals surface area contributed by atoms with Gasteiger partial charge >= 0.3 is 0 Å². The number of hydrogen-bond acceptors (Lipinski definition) is 5. The minimum Gasteiger partial charge on any atom is -0.454 e. The molecule has 1 aromatic heterocycles. The zero-order valence-corrected chi connectivity index (χ0v) is 13.4. The standard InChI is InChI=1S/C17H16ClN3O2/c1-2-16-20-21-17(23-16)11-19-13-8-4-6-10-15(13)22-14-9-5-3-7-12(14)18/h3-10,19H,2,11H2,1H3. The molecule has 0 bridgehead atoms. The molecule has 0 aliphatic carbocycles. The summed E-state index contributed by atoms with van der Waals surface area (Å²) in [6, 6.07) is 15.0. The van der Waals surface area contributed by atoms with Crippen molar-refractivity contribution in [3.8, 4) is 11.5 Å². The Labute approximate surface area is 139 Å². The molecule has 0 unspecified atom stereocenters. The molecular weight excluding hydrogens is 314 g/mol. The lowest BCUT2D eigenvalue weighted by atomic mass is 10.3. The molecule has 0 spiro atoms. The van der Waals surface area contributed by atoms with Crippen LogP contribution in [0.15, 0.2) is 52.9 Å². The summed E-state index contributed by atoms with van der Waals surface area (Å²) in [6.07, 6.45) is 0.721. The van der Waals surface area contributed by atoms with Gasteiger partial charge in [-0.2, -0.15) is 0 Å². The van der Waals surface area contributed by atoms with E-state index in [0.717, 1.165) is 12.1 Å². The lowest BCUT2D eigenvalue weighted by Gasteiger charge is -2.12. The van der Waals surface area contributed by atoms with Gasteiger partial charge in [-0.15, -0.1) is 10.2 Å². The zero-order valence-electron chi connectivity index (χ0n) is 12.6. The third-order valence-corrected chi connectivity index (χ3v) is 3.50. The van der Waals surface area contributed by atoms with Gasteiger partial charge in [0.05, 0.1) is 17.3 Å². The fourth-order valence-electron chi connectivity index (χ4n) is 2.02. The number of benzene rings is 2. The Hall–Kier alpha value is -2.53. The monoisotopic (exact) mass is 329 g/mol. The highest BCUT2D eigenvalue weighted by molar-refractivity contribution is 6.32. The summed E-state index contributed by atoms with van der Waals surface area (Å²) < 4.78 is 11.4. The average molecular weight is 330 g/mol. The van der Waals surface area contributed by atoms with Gasteiger partial charge in [0.15, 0.2) is 5.75 Å². The average Bonchev–Trinajstić information content (AvgIpc) is 3.04. The molecule has 5 nitrogen and oxygen atoms in total. The number of nitrogens with one attached hydrogen (secondary N) is 1. The van der Waals surface area contributed by atoms with Gasteiger partial charge in [0.1, 0.15) is 5.75 Å². The van der Waals surface area contributed by atoms with Crippen LogP contribution in [-0.2, 0) is 13.0 Å². The van der Waals surface area contributed by atoms with Crippen molar-refractivity contribution in [1.82, 2.24) is 10.2 Å². The normalized spacial score (nSPS) is 10.5. The summed E-state index contributed by atoms with van der Waals surface area (Å²) in [7, 11) is 0. The number of nitrogens with zero attached hydrogens (tertiary/aromatic N) is 2. The number of para-hydroxylation sites is 3. The maximum absolute atomic E-state index is 6.14. The molecule has 1 N–H and O–H groups in total. The van der Waals surface area contributed by atoms with Gasteiger partial charge in [0.25, 0.3) is 0 Å². The number of aryl methyl sites for hydroxylation is 1. The van der Waals surface area contributed by atoms with E-state index >= 15 is 0 Å². The molecule has 0 radical (unpaired) electrons. The molecule has 0 saturated heterocycles. The first-order chi connectivity index (χ1) is 11.3. The lowest BCUT2D eigenvalue weighted by Crippen LogP contribution is -2.01. The van der Waals surface area contributed by atoms with Crippen molar-refractivity contribution in [3.63, 3.8) is 0 Å². The lowest BCUT2D eigenvalue weighted by molar-refractivity contribution is 0.459. The number of anilines is 1. The maximum atomic E-state index is 6.14. The smallest absolute Gasteiger partial charge is 0.235 e. The highest BCUT2D eigenvalue weighted by atomic mass is 35.5. The van der Waals surface area contributed by atoms with Gasteiger partial charge in [0, 0.05) is 6.42 Å². The predicted molar refractivity (Wildman–Crippen MR) is 89.0 cm³/mol. The molecule has 3 rings (SSSR count). The molecule has 0 amide bonds. The highest BCUT2D eigenvalue weighted by Crippen LogP contribution is 2.33. The molecular formula is C17H16ClN3O2. The van der Waals surface area contributed by atoms with Gasteiger partial charge in [-0.3, -0.25) is 0 Å². The Morgan fingerprint density at radius 2 is 1.70 bits per heavy atom. The second kappa shape index (κ2) is 7.15. The van der Waals surface area contributed by atoms with Gasteiger partial charge in [-0.1, -0.05) is 42.8 Å². The largest absolute Gasteiger partial charge is 0.454 e. The van der Waals surface area contributed by atoms with E-state index in [4.69, 9.17) is 20.8 Å².